The Balaban J connectivity index is 1.90. The molecule has 0 fully saturated rings. The maximum Gasteiger partial charge on any atom is 0.245 e. The minimum absolute atomic E-state index is 0.0320. The van der Waals surface area contributed by atoms with Crippen LogP contribution in [0.3, 0.4) is 0 Å². The van der Waals surface area contributed by atoms with Crippen LogP contribution in [0.2, 0.25) is 0 Å². The van der Waals surface area contributed by atoms with Gasteiger partial charge in [0.2, 0.25) is 11.8 Å². The molecule has 0 aliphatic carbocycles. The number of aromatic nitrogens is 2. The molecule has 0 bridgehead atoms. The van der Waals surface area contributed by atoms with Crippen molar-refractivity contribution in [2.75, 3.05) is 18.4 Å². The Labute approximate surface area is 175 Å². The standard InChI is InChI=1S/C23H25FN4O2/c1-3-14-27(23(30)4-2)16-22(29)25-21-15-20(17-8-6-5-7-9-17)26-28(21)19-12-10-18(24)11-13-19/h5-13,15H,3-4,14,16H2,1-2H3,(H,25,29). The van der Waals surface area contributed by atoms with Crippen molar-refractivity contribution in [3.05, 3.63) is 66.5 Å². The van der Waals surface area contributed by atoms with E-state index in [1.54, 1.807) is 34.7 Å². The molecule has 0 unspecified atom stereocenters. The number of amides is 2. The Kier molecular flexibility index (Phi) is 6.95. The smallest absolute Gasteiger partial charge is 0.245 e. The number of carbonyl (C=O) groups is 2. The van der Waals surface area contributed by atoms with Crippen molar-refractivity contribution < 1.29 is 14.0 Å². The number of hydrogen-bond acceptors (Lipinski definition) is 3. The van der Waals surface area contributed by atoms with Gasteiger partial charge in [-0.25, -0.2) is 9.07 Å². The Morgan fingerprint density at radius 1 is 1.07 bits per heavy atom. The molecule has 6 nitrogen and oxygen atoms in total. The molecule has 156 valence electrons. The molecule has 0 saturated carbocycles. The van der Waals surface area contributed by atoms with E-state index in [1.165, 1.54) is 12.1 Å². The van der Waals surface area contributed by atoms with Crippen molar-refractivity contribution in [1.82, 2.24) is 14.7 Å². The Morgan fingerprint density at radius 3 is 2.40 bits per heavy atom. The van der Waals surface area contributed by atoms with Crippen molar-refractivity contribution in [3.63, 3.8) is 0 Å². The van der Waals surface area contributed by atoms with E-state index in [0.29, 0.717) is 30.2 Å². The minimum Gasteiger partial charge on any atom is -0.333 e. The van der Waals surface area contributed by atoms with Crippen molar-refractivity contribution >= 4 is 17.6 Å². The molecule has 2 aromatic carbocycles. The molecule has 0 radical (unpaired) electrons. The summed E-state index contributed by atoms with van der Waals surface area (Å²) in [7, 11) is 0. The van der Waals surface area contributed by atoms with E-state index in [-0.39, 0.29) is 24.2 Å². The predicted molar refractivity (Wildman–Crippen MR) is 115 cm³/mol. The topological polar surface area (TPSA) is 67.2 Å². The third kappa shape index (κ3) is 5.11. The third-order valence-corrected chi connectivity index (χ3v) is 4.60. The first kappa shape index (κ1) is 21.2. The molecule has 1 N–H and O–H groups in total. The molecule has 2 amide bonds. The Bertz CT molecular complexity index is 1000. The molecule has 30 heavy (non-hydrogen) atoms. The van der Waals surface area contributed by atoms with Crippen molar-refractivity contribution in [2.24, 2.45) is 0 Å². The largest absolute Gasteiger partial charge is 0.333 e. The number of carbonyl (C=O) groups excluding carboxylic acids is 2. The SMILES string of the molecule is CCCN(CC(=O)Nc1cc(-c2ccccc2)nn1-c1ccc(F)cc1)C(=O)CC. The quantitative estimate of drug-likeness (QED) is 0.605. The highest BCUT2D eigenvalue weighted by Crippen LogP contribution is 2.25. The van der Waals surface area contributed by atoms with E-state index < -0.39 is 0 Å². The Morgan fingerprint density at radius 2 is 1.77 bits per heavy atom. The van der Waals surface area contributed by atoms with E-state index >= 15 is 0 Å². The lowest BCUT2D eigenvalue weighted by Crippen LogP contribution is -2.38. The van der Waals surface area contributed by atoms with Gasteiger partial charge in [0.05, 0.1) is 17.9 Å². The summed E-state index contributed by atoms with van der Waals surface area (Å²) in [4.78, 5) is 26.3. The van der Waals surface area contributed by atoms with Crippen LogP contribution >= 0.6 is 0 Å². The van der Waals surface area contributed by atoms with Crippen molar-refractivity contribution in [2.45, 2.75) is 26.7 Å². The second-order valence-electron chi connectivity index (χ2n) is 6.89. The van der Waals surface area contributed by atoms with Gasteiger partial charge in [-0.2, -0.15) is 5.10 Å². The fourth-order valence-electron chi connectivity index (χ4n) is 3.14. The number of benzene rings is 2. The first-order valence-electron chi connectivity index (χ1n) is 10.0. The van der Waals surface area contributed by atoms with Crippen LogP contribution in [0.4, 0.5) is 10.2 Å². The average molecular weight is 408 g/mol. The highest BCUT2D eigenvalue weighted by atomic mass is 19.1. The number of nitrogens with zero attached hydrogens (tertiary/aromatic N) is 3. The summed E-state index contributed by atoms with van der Waals surface area (Å²) in [6.45, 7) is 4.23. The zero-order valence-electron chi connectivity index (χ0n) is 17.1. The van der Waals surface area contributed by atoms with Crippen LogP contribution in [0.25, 0.3) is 16.9 Å². The first-order valence-corrected chi connectivity index (χ1v) is 10.0. The van der Waals surface area contributed by atoms with E-state index in [0.717, 1.165) is 12.0 Å². The van der Waals surface area contributed by atoms with Crippen LogP contribution in [-0.4, -0.2) is 39.6 Å². The second-order valence-corrected chi connectivity index (χ2v) is 6.89. The molecule has 1 heterocycles. The van der Waals surface area contributed by atoms with Gasteiger partial charge >= 0.3 is 0 Å². The number of anilines is 1. The van der Waals surface area contributed by atoms with E-state index in [9.17, 15) is 14.0 Å². The predicted octanol–water partition coefficient (Wildman–Crippen LogP) is 4.27. The molecule has 3 aromatic rings. The summed E-state index contributed by atoms with van der Waals surface area (Å²) in [5.41, 5.74) is 2.18. The summed E-state index contributed by atoms with van der Waals surface area (Å²) < 4.78 is 14.9. The molecule has 0 saturated heterocycles. The van der Waals surface area contributed by atoms with E-state index in [4.69, 9.17) is 0 Å². The van der Waals surface area contributed by atoms with Crippen LogP contribution in [0.5, 0.6) is 0 Å². The summed E-state index contributed by atoms with van der Waals surface area (Å²) in [6, 6.07) is 17.2. The molecule has 0 aliphatic rings. The maximum atomic E-state index is 13.4. The van der Waals surface area contributed by atoms with Gasteiger partial charge < -0.3 is 10.2 Å². The molecule has 0 atom stereocenters. The van der Waals surface area contributed by atoms with Gasteiger partial charge in [-0.3, -0.25) is 9.59 Å². The molecule has 0 aliphatic heterocycles. The van der Waals surface area contributed by atoms with Crippen molar-refractivity contribution in [1.29, 1.82) is 0 Å². The highest BCUT2D eigenvalue weighted by Gasteiger charge is 2.18. The zero-order valence-corrected chi connectivity index (χ0v) is 17.1. The normalized spacial score (nSPS) is 10.6. The number of hydrogen-bond donors (Lipinski definition) is 1. The summed E-state index contributed by atoms with van der Waals surface area (Å²) in [6.07, 6.45) is 1.11. The lowest BCUT2D eigenvalue weighted by atomic mass is 10.1. The molecule has 3 rings (SSSR count). The summed E-state index contributed by atoms with van der Waals surface area (Å²) >= 11 is 0. The van der Waals surface area contributed by atoms with Crippen LogP contribution in [0, 0.1) is 5.82 Å². The first-order chi connectivity index (χ1) is 14.5. The number of halogens is 1. The van der Waals surface area contributed by atoms with Gasteiger partial charge in [0.15, 0.2) is 0 Å². The third-order valence-electron chi connectivity index (χ3n) is 4.60. The number of nitrogens with one attached hydrogen (secondary N) is 1. The molecule has 1 aromatic heterocycles. The van der Waals surface area contributed by atoms with Gasteiger partial charge in [-0.05, 0) is 30.7 Å². The fourth-order valence-corrected chi connectivity index (χ4v) is 3.14. The van der Waals surface area contributed by atoms with Crippen LogP contribution in [-0.2, 0) is 9.59 Å². The van der Waals surface area contributed by atoms with Crippen LogP contribution in [0.15, 0.2) is 60.7 Å². The van der Waals surface area contributed by atoms with Gasteiger partial charge in [0, 0.05) is 24.6 Å². The Hall–Kier alpha value is -3.48. The summed E-state index contributed by atoms with van der Waals surface area (Å²) in [5.74, 6) is -0.281. The van der Waals surface area contributed by atoms with Gasteiger partial charge in [0.1, 0.15) is 11.6 Å². The summed E-state index contributed by atoms with van der Waals surface area (Å²) in [5, 5.41) is 7.45. The zero-order chi connectivity index (χ0) is 21.5. The minimum atomic E-state index is -0.354. The fraction of sp³-hybridized carbons (Fsp3) is 0.261. The molecular weight excluding hydrogens is 383 g/mol. The van der Waals surface area contributed by atoms with E-state index in [1.807, 2.05) is 37.3 Å². The van der Waals surface area contributed by atoms with Gasteiger partial charge in [-0.1, -0.05) is 44.2 Å². The van der Waals surface area contributed by atoms with Gasteiger partial charge in [-0.15, -0.1) is 0 Å². The molecule has 0 spiro atoms. The number of rotatable bonds is 8. The van der Waals surface area contributed by atoms with Gasteiger partial charge in [0.25, 0.3) is 0 Å². The monoisotopic (exact) mass is 408 g/mol. The lowest BCUT2D eigenvalue weighted by Gasteiger charge is -2.21. The maximum absolute atomic E-state index is 13.4. The lowest BCUT2D eigenvalue weighted by molar-refractivity contribution is -0.134. The van der Waals surface area contributed by atoms with Crippen LogP contribution < -0.4 is 5.32 Å². The molecule has 7 heteroatoms. The van der Waals surface area contributed by atoms with Crippen molar-refractivity contribution in [3.8, 4) is 16.9 Å². The molecular formula is C23H25FN4O2. The highest BCUT2D eigenvalue weighted by molar-refractivity contribution is 5.94. The average Bonchev–Trinajstić information content (AvgIpc) is 3.17. The van der Waals surface area contributed by atoms with E-state index in [2.05, 4.69) is 10.4 Å². The second kappa shape index (κ2) is 9.82. The van der Waals surface area contributed by atoms with Crippen LogP contribution in [0.1, 0.15) is 26.7 Å².